The van der Waals surface area contributed by atoms with Crippen molar-refractivity contribution in [3.05, 3.63) is 60.2 Å². The first kappa shape index (κ1) is 23.4. The first-order valence-electron chi connectivity index (χ1n) is 11.4. The van der Waals surface area contributed by atoms with E-state index >= 15 is 0 Å². The number of aryl methyl sites for hydroxylation is 1. The molecular formula is C26H30N4O4. The standard InChI is InChI=1S/C26H30N4O4/c1-4-19-5-7-20(8-6-19)34-18-26(31)30-15-13-29(14-16-30)25-12-10-23(27-28-25)22-17-21(32-2)9-11-24(22)33-3/h5-12,17H,4,13-16,18H2,1-3H3. The molecule has 1 saturated heterocycles. The Morgan fingerprint density at radius 1 is 0.882 bits per heavy atom. The maximum Gasteiger partial charge on any atom is 0.260 e. The first-order chi connectivity index (χ1) is 16.6. The molecule has 3 aromatic rings. The fourth-order valence-corrected chi connectivity index (χ4v) is 3.89. The van der Waals surface area contributed by atoms with Gasteiger partial charge in [0.15, 0.2) is 12.4 Å². The fourth-order valence-electron chi connectivity index (χ4n) is 3.89. The van der Waals surface area contributed by atoms with Crippen molar-refractivity contribution < 1.29 is 19.0 Å². The van der Waals surface area contributed by atoms with Crippen molar-refractivity contribution in [1.29, 1.82) is 0 Å². The quantitative estimate of drug-likeness (QED) is 0.507. The van der Waals surface area contributed by atoms with Crippen LogP contribution in [0.15, 0.2) is 54.6 Å². The maximum absolute atomic E-state index is 12.6. The number of ether oxygens (including phenoxy) is 3. The topological polar surface area (TPSA) is 77.0 Å². The van der Waals surface area contributed by atoms with Gasteiger partial charge in [0.05, 0.1) is 19.9 Å². The van der Waals surface area contributed by atoms with Crippen LogP contribution in [0.3, 0.4) is 0 Å². The zero-order valence-electron chi connectivity index (χ0n) is 19.9. The minimum absolute atomic E-state index is 0.00855. The van der Waals surface area contributed by atoms with Crippen molar-refractivity contribution in [2.45, 2.75) is 13.3 Å². The number of piperazine rings is 1. The zero-order chi connectivity index (χ0) is 23.9. The summed E-state index contributed by atoms with van der Waals surface area (Å²) in [5.74, 6) is 2.92. The summed E-state index contributed by atoms with van der Waals surface area (Å²) >= 11 is 0. The largest absolute Gasteiger partial charge is 0.497 e. The molecule has 2 aromatic carbocycles. The molecule has 1 aliphatic heterocycles. The molecule has 0 N–H and O–H groups in total. The number of rotatable bonds is 8. The van der Waals surface area contributed by atoms with Crippen molar-refractivity contribution in [1.82, 2.24) is 15.1 Å². The third kappa shape index (κ3) is 5.39. The number of carbonyl (C=O) groups excluding carboxylic acids is 1. The van der Waals surface area contributed by atoms with Crippen LogP contribution in [0.5, 0.6) is 17.2 Å². The Morgan fingerprint density at radius 2 is 1.62 bits per heavy atom. The van der Waals surface area contributed by atoms with Crippen LogP contribution in [-0.4, -0.2) is 68.0 Å². The summed E-state index contributed by atoms with van der Waals surface area (Å²) in [5.41, 5.74) is 2.77. The molecule has 0 bridgehead atoms. The van der Waals surface area contributed by atoms with Crippen LogP contribution in [0.1, 0.15) is 12.5 Å². The van der Waals surface area contributed by atoms with Gasteiger partial charge in [-0.3, -0.25) is 4.79 Å². The molecule has 8 nitrogen and oxygen atoms in total. The number of nitrogens with zero attached hydrogens (tertiary/aromatic N) is 4. The lowest BCUT2D eigenvalue weighted by molar-refractivity contribution is -0.133. The molecule has 1 aromatic heterocycles. The Balaban J connectivity index is 1.32. The smallest absolute Gasteiger partial charge is 0.260 e. The summed E-state index contributed by atoms with van der Waals surface area (Å²) in [6, 6.07) is 17.3. The van der Waals surface area contributed by atoms with Crippen molar-refractivity contribution in [3.8, 4) is 28.5 Å². The predicted molar refractivity (Wildman–Crippen MR) is 131 cm³/mol. The Hall–Kier alpha value is -3.81. The molecule has 1 amide bonds. The van der Waals surface area contributed by atoms with Crippen LogP contribution < -0.4 is 19.1 Å². The minimum Gasteiger partial charge on any atom is -0.497 e. The Morgan fingerprint density at radius 3 is 2.24 bits per heavy atom. The molecule has 2 heterocycles. The van der Waals surface area contributed by atoms with E-state index in [-0.39, 0.29) is 12.5 Å². The number of methoxy groups -OCH3 is 2. The van der Waals surface area contributed by atoms with Gasteiger partial charge in [-0.15, -0.1) is 10.2 Å². The summed E-state index contributed by atoms with van der Waals surface area (Å²) < 4.78 is 16.5. The number of hydrogen-bond donors (Lipinski definition) is 0. The summed E-state index contributed by atoms with van der Waals surface area (Å²) in [5, 5.41) is 8.83. The minimum atomic E-state index is -0.00855. The van der Waals surface area contributed by atoms with Crippen molar-refractivity contribution in [2.75, 3.05) is 51.9 Å². The number of hydrogen-bond acceptors (Lipinski definition) is 7. The average Bonchev–Trinajstić information content (AvgIpc) is 2.91. The Bertz CT molecular complexity index is 1090. The van der Waals surface area contributed by atoms with Gasteiger partial charge >= 0.3 is 0 Å². The van der Waals surface area contributed by atoms with Crippen LogP contribution in [0.2, 0.25) is 0 Å². The lowest BCUT2D eigenvalue weighted by atomic mass is 10.1. The molecule has 8 heteroatoms. The number of anilines is 1. The predicted octanol–water partition coefficient (Wildman–Crippen LogP) is 3.45. The second kappa shape index (κ2) is 10.9. The number of amides is 1. The van der Waals surface area contributed by atoms with E-state index < -0.39 is 0 Å². The third-order valence-electron chi connectivity index (χ3n) is 5.98. The van der Waals surface area contributed by atoms with E-state index in [1.807, 2.05) is 59.5 Å². The zero-order valence-corrected chi connectivity index (χ0v) is 19.9. The van der Waals surface area contributed by atoms with Crippen LogP contribution in [0, 0.1) is 0 Å². The van der Waals surface area contributed by atoms with E-state index in [0.717, 1.165) is 23.6 Å². The molecule has 178 valence electrons. The highest BCUT2D eigenvalue weighted by atomic mass is 16.5. The van der Waals surface area contributed by atoms with Crippen LogP contribution >= 0.6 is 0 Å². The molecule has 0 aliphatic carbocycles. The number of benzene rings is 2. The van der Waals surface area contributed by atoms with Crippen molar-refractivity contribution >= 4 is 11.7 Å². The highest BCUT2D eigenvalue weighted by Gasteiger charge is 2.22. The molecule has 0 atom stereocenters. The van der Waals surface area contributed by atoms with Gasteiger partial charge in [0.2, 0.25) is 0 Å². The summed E-state index contributed by atoms with van der Waals surface area (Å²) in [7, 11) is 3.25. The molecule has 34 heavy (non-hydrogen) atoms. The van der Waals surface area contributed by atoms with E-state index in [9.17, 15) is 4.79 Å². The van der Waals surface area contributed by atoms with Gasteiger partial charge in [-0.2, -0.15) is 0 Å². The third-order valence-corrected chi connectivity index (χ3v) is 5.98. The molecule has 0 radical (unpaired) electrons. The van der Waals surface area contributed by atoms with Gasteiger partial charge in [-0.1, -0.05) is 19.1 Å². The van der Waals surface area contributed by atoms with Crippen LogP contribution in [0.25, 0.3) is 11.3 Å². The first-order valence-corrected chi connectivity index (χ1v) is 11.4. The molecule has 1 fully saturated rings. The van der Waals surface area contributed by atoms with E-state index in [2.05, 4.69) is 22.0 Å². The highest BCUT2D eigenvalue weighted by Crippen LogP contribution is 2.32. The van der Waals surface area contributed by atoms with E-state index in [0.29, 0.717) is 43.4 Å². The van der Waals surface area contributed by atoms with Gasteiger partial charge in [-0.05, 0) is 54.4 Å². The van der Waals surface area contributed by atoms with Gasteiger partial charge < -0.3 is 24.0 Å². The normalized spacial score (nSPS) is 13.5. The van der Waals surface area contributed by atoms with Crippen LogP contribution in [-0.2, 0) is 11.2 Å². The van der Waals surface area contributed by atoms with E-state index in [1.54, 1.807) is 14.2 Å². The monoisotopic (exact) mass is 462 g/mol. The second-order valence-corrected chi connectivity index (χ2v) is 8.00. The van der Waals surface area contributed by atoms with E-state index in [1.165, 1.54) is 5.56 Å². The molecule has 4 rings (SSSR count). The van der Waals surface area contributed by atoms with Gasteiger partial charge in [0, 0.05) is 31.7 Å². The number of carbonyl (C=O) groups is 1. The van der Waals surface area contributed by atoms with E-state index in [4.69, 9.17) is 14.2 Å². The lowest BCUT2D eigenvalue weighted by Crippen LogP contribution is -2.50. The molecule has 0 spiro atoms. The van der Waals surface area contributed by atoms with Gasteiger partial charge in [-0.25, -0.2) is 0 Å². The van der Waals surface area contributed by atoms with Crippen LogP contribution in [0.4, 0.5) is 5.82 Å². The summed E-state index contributed by atoms with van der Waals surface area (Å²) in [6.07, 6.45) is 0.978. The summed E-state index contributed by atoms with van der Waals surface area (Å²) in [6.45, 7) is 4.76. The highest BCUT2D eigenvalue weighted by molar-refractivity contribution is 5.78. The second-order valence-electron chi connectivity index (χ2n) is 8.00. The molecular weight excluding hydrogens is 432 g/mol. The molecule has 1 aliphatic rings. The Labute approximate surface area is 200 Å². The van der Waals surface area contributed by atoms with Crippen molar-refractivity contribution in [3.63, 3.8) is 0 Å². The van der Waals surface area contributed by atoms with Crippen molar-refractivity contribution in [2.24, 2.45) is 0 Å². The van der Waals surface area contributed by atoms with Gasteiger partial charge in [0.25, 0.3) is 5.91 Å². The lowest BCUT2D eigenvalue weighted by Gasteiger charge is -2.35. The Kier molecular flexibility index (Phi) is 7.47. The fraction of sp³-hybridized carbons (Fsp3) is 0.346. The maximum atomic E-state index is 12.6. The number of aromatic nitrogens is 2. The molecule has 0 unspecified atom stereocenters. The van der Waals surface area contributed by atoms with Gasteiger partial charge in [0.1, 0.15) is 17.2 Å². The SMILES string of the molecule is CCc1ccc(OCC(=O)N2CCN(c3ccc(-c4cc(OC)ccc4OC)nn3)CC2)cc1. The summed E-state index contributed by atoms with van der Waals surface area (Å²) in [4.78, 5) is 16.6. The average molecular weight is 463 g/mol. The molecule has 0 saturated carbocycles.